The number of hydrogen-bond donors (Lipinski definition) is 1. The number of nitrogens with zero attached hydrogens (tertiary/aromatic N) is 1. The molecule has 4 rings (SSSR count). The molecule has 1 unspecified atom stereocenters. The summed E-state index contributed by atoms with van der Waals surface area (Å²) in [5, 5.41) is 13.4. The average molecular weight is 565 g/mol. The van der Waals surface area contributed by atoms with Crippen LogP contribution in [0.15, 0.2) is 95.5 Å². The molecule has 182 valence electrons. The predicted molar refractivity (Wildman–Crippen MR) is 141 cm³/mol. The van der Waals surface area contributed by atoms with Gasteiger partial charge in [-0.2, -0.15) is 10.3 Å². The van der Waals surface area contributed by atoms with Gasteiger partial charge < -0.3 is 13.8 Å². The monoisotopic (exact) mass is 564 g/mol. The van der Waals surface area contributed by atoms with Gasteiger partial charge in [0.25, 0.3) is 0 Å². The lowest BCUT2D eigenvalue weighted by Gasteiger charge is -2.24. The second-order valence-electron chi connectivity index (χ2n) is 7.86. The first-order valence-electron chi connectivity index (χ1n) is 11.0. The number of ether oxygens (including phenoxy) is 1. The Balaban J connectivity index is 1.60. The summed E-state index contributed by atoms with van der Waals surface area (Å²) in [5.41, 5.74) is 1.22. The molecule has 0 heterocycles. The molecule has 0 fully saturated rings. The van der Waals surface area contributed by atoms with Gasteiger partial charge in [-0.05, 0) is 58.1 Å². The van der Waals surface area contributed by atoms with Crippen LogP contribution in [0, 0.1) is 11.3 Å². The Bertz CT molecular complexity index is 1470. The van der Waals surface area contributed by atoms with E-state index in [1.807, 2.05) is 66.7 Å². The van der Waals surface area contributed by atoms with E-state index in [0.717, 1.165) is 16.3 Å². The highest BCUT2D eigenvalue weighted by Gasteiger charge is 2.35. The Labute approximate surface area is 217 Å². The molecule has 7 nitrogen and oxygen atoms in total. The lowest BCUT2D eigenvalue weighted by molar-refractivity contribution is -0.146. The fourth-order valence-corrected chi connectivity index (χ4v) is 5.54. The zero-order valence-electron chi connectivity index (χ0n) is 19.3. The molecule has 0 saturated heterocycles. The highest BCUT2D eigenvalue weighted by Crippen LogP contribution is 2.48. The molecular formula is C27H22BrN2O5P. The maximum atomic E-state index is 14.0. The predicted octanol–water partition coefficient (Wildman–Crippen LogP) is 6.76. The number of carbonyl (C=O) groups excluding carboxylic acids is 1. The minimum absolute atomic E-state index is 0.0716. The smallest absolute Gasteiger partial charge is 0.460 e. The van der Waals surface area contributed by atoms with Gasteiger partial charge in [0.1, 0.15) is 24.1 Å². The molecule has 1 N–H and O–H groups in total. The van der Waals surface area contributed by atoms with Crippen LogP contribution in [0.1, 0.15) is 18.1 Å². The maximum absolute atomic E-state index is 14.0. The van der Waals surface area contributed by atoms with Gasteiger partial charge in [-0.15, -0.1) is 0 Å². The molecule has 0 radical (unpaired) electrons. The van der Waals surface area contributed by atoms with E-state index in [1.54, 1.807) is 12.1 Å². The Morgan fingerprint density at radius 3 is 2.42 bits per heavy atom. The fraction of sp³-hybridized carbons (Fsp3) is 0.111. The first-order chi connectivity index (χ1) is 17.4. The summed E-state index contributed by atoms with van der Waals surface area (Å²) in [6.45, 7) is 1.59. The van der Waals surface area contributed by atoms with Crippen molar-refractivity contribution in [3.63, 3.8) is 0 Å². The zero-order chi connectivity index (χ0) is 25.5. The largest absolute Gasteiger partial charge is 0.513 e. The Kier molecular flexibility index (Phi) is 8.07. The van der Waals surface area contributed by atoms with Gasteiger partial charge in [-0.25, -0.2) is 4.57 Å². The van der Waals surface area contributed by atoms with E-state index < -0.39 is 19.8 Å². The number of fused-ring (bicyclic) bond motifs is 1. The van der Waals surface area contributed by atoms with Crippen LogP contribution in [0.4, 0.5) is 0 Å². The average Bonchev–Trinajstić information content (AvgIpc) is 2.89. The Morgan fingerprint density at radius 1 is 0.972 bits per heavy atom. The third-order valence-electron chi connectivity index (χ3n) is 5.18. The second-order valence-corrected chi connectivity index (χ2v) is 10.3. The number of carbonyl (C=O) groups is 1. The van der Waals surface area contributed by atoms with Crippen LogP contribution in [0.3, 0.4) is 0 Å². The number of nitrogens with one attached hydrogen (secondary N) is 1. The second kappa shape index (κ2) is 11.4. The van der Waals surface area contributed by atoms with Crippen molar-refractivity contribution in [3.8, 4) is 17.6 Å². The van der Waals surface area contributed by atoms with Crippen LogP contribution < -0.4 is 14.1 Å². The van der Waals surface area contributed by atoms with Gasteiger partial charge in [0.15, 0.2) is 0 Å². The van der Waals surface area contributed by atoms with Crippen LogP contribution in [-0.2, 0) is 20.7 Å². The molecule has 4 aromatic carbocycles. The van der Waals surface area contributed by atoms with Gasteiger partial charge in [0, 0.05) is 5.39 Å². The van der Waals surface area contributed by atoms with Crippen LogP contribution in [0.5, 0.6) is 11.5 Å². The third kappa shape index (κ3) is 6.32. The quantitative estimate of drug-likeness (QED) is 0.177. The fourth-order valence-electron chi connectivity index (χ4n) is 3.39. The van der Waals surface area contributed by atoms with Gasteiger partial charge >= 0.3 is 13.7 Å². The van der Waals surface area contributed by atoms with Crippen LogP contribution >= 0.6 is 23.7 Å². The van der Waals surface area contributed by atoms with Crippen LogP contribution in [0.2, 0.25) is 0 Å². The number of halogens is 1. The molecule has 0 spiro atoms. The summed E-state index contributed by atoms with van der Waals surface area (Å²) in [6, 6.07) is 27.6. The normalized spacial score (nSPS) is 13.2. The molecule has 0 aliphatic carbocycles. The lowest BCUT2D eigenvalue weighted by Crippen LogP contribution is -2.35. The standard InChI is InChI=1S/C27H22BrN2O5P/c1-19(27(31)33-18-20-8-3-2-4-9-20)30-36(32,35-26-15-14-21(17-29)16-24(26)28)34-25-13-7-11-22-10-5-6-12-23(22)25/h2-16,19H,18H2,1H3,(H,30,32)/t19-,36?/m0/s1. The summed E-state index contributed by atoms with van der Waals surface area (Å²) in [5.74, 6) is -0.128. The first-order valence-corrected chi connectivity index (χ1v) is 13.4. The topological polar surface area (TPSA) is 97.6 Å². The Hall–Kier alpha value is -3.63. The van der Waals surface area contributed by atoms with E-state index in [1.165, 1.54) is 25.1 Å². The van der Waals surface area contributed by atoms with Gasteiger partial charge in [0.05, 0.1) is 16.1 Å². The molecule has 36 heavy (non-hydrogen) atoms. The number of esters is 1. The third-order valence-corrected chi connectivity index (χ3v) is 7.37. The van der Waals surface area contributed by atoms with Crippen molar-refractivity contribution in [2.75, 3.05) is 0 Å². The van der Waals surface area contributed by atoms with Crippen molar-refractivity contribution in [1.82, 2.24) is 5.09 Å². The molecule has 2 atom stereocenters. The summed E-state index contributed by atoms with van der Waals surface area (Å²) >= 11 is 3.34. The van der Waals surface area contributed by atoms with E-state index in [4.69, 9.17) is 19.0 Å². The molecule has 9 heteroatoms. The molecule has 0 saturated carbocycles. The van der Waals surface area contributed by atoms with Gasteiger partial charge in [0.2, 0.25) is 0 Å². The van der Waals surface area contributed by atoms with Crippen molar-refractivity contribution in [2.45, 2.75) is 19.6 Å². The SMILES string of the molecule is C[C@H](NP(=O)(Oc1ccc(C#N)cc1Br)Oc1cccc2ccccc12)C(=O)OCc1ccccc1. The molecular weight excluding hydrogens is 543 g/mol. The van der Waals surface area contributed by atoms with E-state index in [-0.39, 0.29) is 12.4 Å². The van der Waals surface area contributed by atoms with Gasteiger partial charge in [-0.1, -0.05) is 66.7 Å². The van der Waals surface area contributed by atoms with Crippen molar-refractivity contribution in [1.29, 1.82) is 5.26 Å². The van der Waals surface area contributed by atoms with E-state index in [0.29, 0.717) is 15.8 Å². The van der Waals surface area contributed by atoms with Crippen LogP contribution in [-0.4, -0.2) is 12.0 Å². The van der Waals surface area contributed by atoms with E-state index in [9.17, 15) is 9.36 Å². The molecule has 4 aromatic rings. The minimum atomic E-state index is -4.19. The van der Waals surface area contributed by atoms with E-state index in [2.05, 4.69) is 21.0 Å². The van der Waals surface area contributed by atoms with E-state index >= 15 is 0 Å². The summed E-state index contributed by atoms with van der Waals surface area (Å²) in [7, 11) is -4.19. The molecule has 0 aliphatic heterocycles. The highest BCUT2D eigenvalue weighted by atomic mass is 79.9. The molecule has 0 aromatic heterocycles. The molecule has 0 amide bonds. The zero-order valence-corrected chi connectivity index (χ0v) is 21.7. The summed E-state index contributed by atoms with van der Waals surface area (Å²) in [4.78, 5) is 12.7. The number of benzene rings is 4. The minimum Gasteiger partial charge on any atom is -0.460 e. The van der Waals surface area contributed by atoms with Gasteiger partial charge in [-0.3, -0.25) is 4.79 Å². The molecule has 0 bridgehead atoms. The number of nitriles is 1. The van der Waals surface area contributed by atoms with Crippen molar-refractivity contribution in [2.24, 2.45) is 0 Å². The first kappa shape index (κ1) is 25.5. The van der Waals surface area contributed by atoms with Crippen molar-refractivity contribution in [3.05, 3.63) is 107 Å². The lowest BCUT2D eigenvalue weighted by atomic mass is 10.1. The van der Waals surface area contributed by atoms with Crippen LogP contribution in [0.25, 0.3) is 10.8 Å². The maximum Gasteiger partial charge on any atom is 0.513 e. The molecule has 0 aliphatic rings. The highest BCUT2D eigenvalue weighted by molar-refractivity contribution is 9.10. The van der Waals surface area contributed by atoms with Crippen molar-refractivity contribution < 1.29 is 23.1 Å². The van der Waals surface area contributed by atoms with Crippen molar-refractivity contribution >= 4 is 40.4 Å². The number of hydrogen-bond acceptors (Lipinski definition) is 6. The number of rotatable bonds is 9. The summed E-state index contributed by atoms with van der Waals surface area (Å²) in [6.07, 6.45) is 0. The Morgan fingerprint density at radius 2 is 1.67 bits per heavy atom. The summed E-state index contributed by atoms with van der Waals surface area (Å²) < 4.78 is 31.6.